The van der Waals surface area contributed by atoms with E-state index >= 15 is 0 Å². The normalized spacial score (nSPS) is 22.2. The van der Waals surface area contributed by atoms with Crippen molar-refractivity contribution >= 4 is 27.7 Å². The van der Waals surface area contributed by atoms with E-state index in [2.05, 4.69) is 15.9 Å². The van der Waals surface area contributed by atoms with Gasteiger partial charge in [-0.05, 0) is 28.8 Å². The van der Waals surface area contributed by atoms with Crippen molar-refractivity contribution in [3.8, 4) is 0 Å². The number of imide groups is 1. The van der Waals surface area contributed by atoms with E-state index in [0.29, 0.717) is 6.54 Å². The number of rotatable bonds is 4. The van der Waals surface area contributed by atoms with Crippen molar-refractivity contribution in [2.24, 2.45) is 11.8 Å². The van der Waals surface area contributed by atoms with Crippen LogP contribution in [0.5, 0.6) is 0 Å². The van der Waals surface area contributed by atoms with Gasteiger partial charge in [0, 0.05) is 9.89 Å². The van der Waals surface area contributed by atoms with Crippen LogP contribution in [0, 0.1) is 11.8 Å². The number of fused-ring (bicyclic) bond motifs is 1. The molecule has 2 amide bonds. The molecule has 5 rings (SSSR count). The van der Waals surface area contributed by atoms with E-state index in [1.54, 1.807) is 0 Å². The maximum atomic E-state index is 13.3. The Hall–Kier alpha value is -2.72. The average molecular weight is 432 g/mol. The van der Waals surface area contributed by atoms with Gasteiger partial charge in [-0.3, -0.25) is 14.5 Å². The zero-order valence-electron chi connectivity index (χ0n) is 15.1. The molecule has 3 aromatic carbocycles. The number of likely N-dealkylation sites (tertiary alicyclic amines) is 1. The minimum Gasteiger partial charge on any atom is -0.278 e. The number of carbonyl (C=O) groups excluding carboxylic acids is 2. The first-order valence-electron chi connectivity index (χ1n) is 9.34. The van der Waals surface area contributed by atoms with Crippen LogP contribution in [0.25, 0.3) is 0 Å². The highest BCUT2D eigenvalue weighted by molar-refractivity contribution is 9.10. The summed E-state index contributed by atoms with van der Waals surface area (Å²) in [5.41, 5.74) is 2.49. The molecule has 0 spiro atoms. The lowest BCUT2D eigenvalue weighted by atomic mass is 9.83. The van der Waals surface area contributed by atoms with E-state index in [9.17, 15) is 9.59 Å². The summed E-state index contributed by atoms with van der Waals surface area (Å²) in [5, 5.41) is 0. The monoisotopic (exact) mass is 431 g/mol. The van der Waals surface area contributed by atoms with Gasteiger partial charge in [0.1, 0.15) is 0 Å². The molecule has 1 aliphatic carbocycles. The lowest BCUT2D eigenvalue weighted by Crippen LogP contribution is -2.38. The summed E-state index contributed by atoms with van der Waals surface area (Å²) in [4.78, 5) is 28.0. The molecule has 4 heteroatoms. The molecule has 28 heavy (non-hydrogen) atoms. The predicted octanol–water partition coefficient (Wildman–Crippen LogP) is 4.55. The van der Waals surface area contributed by atoms with Crippen LogP contribution >= 0.6 is 15.9 Å². The van der Waals surface area contributed by atoms with Crippen LogP contribution < -0.4 is 0 Å². The standard InChI is InChI=1S/C24H18BrNO2/c25-19-13-7-8-16(14-19)15-26-22(27)20-21(23(26)28)24(20,17-9-3-1-4-10-17)18-11-5-2-6-12-18/h1-14,20-21H,15H2. The van der Waals surface area contributed by atoms with Crippen molar-refractivity contribution in [2.75, 3.05) is 0 Å². The second kappa shape index (κ2) is 6.42. The summed E-state index contributed by atoms with van der Waals surface area (Å²) < 4.78 is 0.942. The fourth-order valence-corrected chi connectivity index (χ4v) is 5.24. The maximum absolute atomic E-state index is 13.3. The highest BCUT2D eigenvalue weighted by Gasteiger charge is 2.78. The number of piperidine rings is 1. The Balaban J connectivity index is 1.53. The first kappa shape index (κ1) is 17.4. The Morgan fingerprint density at radius 2 is 1.29 bits per heavy atom. The van der Waals surface area contributed by atoms with Gasteiger partial charge in [-0.2, -0.15) is 0 Å². The SMILES string of the molecule is O=C1C2C(C(=O)N1Cc1cccc(Br)c1)C2(c1ccccc1)c1ccccc1. The van der Waals surface area contributed by atoms with Gasteiger partial charge in [-0.15, -0.1) is 0 Å². The second-order valence-electron chi connectivity index (χ2n) is 7.45. The largest absolute Gasteiger partial charge is 0.278 e. The van der Waals surface area contributed by atoms with Crippen LogP contribution in [0.1, 0.15) is 16.7 Å². The Morgan fingerprint density at radius 3 is 1.79 bits per heavy atom. The molecule has 1 aliphatic heterocycles. The van der Waals surface area contributed by atoms with Crippen LogP contribution in [-0.2, 0) is 21.5 Å². The Kier molecular flexibility index (Phi) is 3.98. The molecular weight excluding hydrogens is 414 g/mol. The van der Waals surface area contributed by atoms with Gasteiger partial charge in [-0.1, -0.05) is 88.7 Å². The van der Waals surface area contributed by atoms with Gasteiger partial charge in [0.25, 0.3) is 0 Å². The first-order valence-corrected chi connectivity index (χ1v) is 10.1. The van der Waals surface area contributed by atoms with E-state index in [1.165, 1.54) is 4.90 Å². The first-order chi connectivity index (χ1) is 13.6. The fourth-order valence-electron chi connectivity index (χ4n) is 4.79. The Bertz CT molecular complexity index is 1000. The van der Waals surface area contributed by atoms with Crippen LogP contribution in [0.15, 0.2) is 89.4 Å². The van der Waals surface area contributed by atoms with Crippen molar-refractivity contribution in [1.29, 1.82) is 0 Å². The number of halogens is 1. The molecule has 0 N–H and O–H groups in total. The van der Waals surface area contributed by atoms with E-state index in [-0.39, 0.29) is 23.7 Å². The molecule has 2 aliphatic rings. The molecule has 3 aromatic rings. The van der Waals surface area contributed by atoms with Gasteiger partial charge < -0.3 is 0 Å². The second-order valence-corrected chi connectivity index (χ2v) is 8.36. The van der Waals surface area contributed by atoms with Gasteiger partial charge in [0.15, 0.2) is 0 Å². The summed E-state index contributed by atoms with van der Waals surface area (Å²) >= 11 is 3.45. The number of amides is 2. The van der Waals surface area contributed by atoms with Gasteiger partial charge in [0.2, 0.25) is 11.8 Å². The van der Waals surface area contributed by atoms with Gasteiger partial charge in [0.05, 0.1) is 18.4 Å². The third-order valence-electron chi connectivity index (χ3n) is 6.00. The molecule has 3 nitrogen and oxygen atoms in total. The molecular formula is C24H18BrNO2. The molecule has 2 unspecified atom stereocenters. The highest BCUT2D eigenvalue weighted by Crippen LogP contribution is 2.68. The topological polar surface area (TPSA) is 37.4 Å². The summed E-state index contributed by atoms with van der Waals surface area (Å²) in [6.45, 7) is 0.323. The maximum Gasteiger partial charge on any atom is 0.234 e. The summed E-state index contributed by atoms with van der Waals surface area (Å²) in [5.74, 6) is -0.778. The molecule has 138 valence electrons. The van der Waals surface area contributed by atoms with Crippen molar-refractivity contribution in [2.45, 2.75) is 12.0 Å². The van der Waals surface area contributed by atoms with Crippen LogP contribution in [-0.4, -0.2) is 16.7 Å². The summed E-state index contributed by atoms with van der Waals surface area (Å²) in [7, 11) is 0. The third kappa shape index (κ3) is 2.41. The minimum absolute atomic E-state index is 0.0670. The fraction of sp³-hybridized carbons (Fsp3) is 0.167. The Labute approximate surface area is 172 Å². The van der Waals surface area contributed by atoms with Crippen molar-refractivity contribution in [3.05, 3.63) is 106 Å². The number of carbonyl (C=O) groups is 2. The third-order valence-corrected chi connectivity index (χ3v) is 6.50. The smallest absolute Gasteiger partial charge is 0.234 e. The van der Waals surface area contributed by atoms with Crippen molar-refractivity contribution in [3.63, 3.8) is 0 Å². The quantitative estimate of drug-likeness (QED) is 0.568. The van der Waals surface area contributed by atoms with Crippen molar-refractivity contribution in [1.82, 2.24) is 4.90 Å². The molecule has 0 aromatic heterocycles. The zero-order chi connectivity index (χ0) is 19.3. The number of hydrogen-bond donors (Lipinski definition) is 0. The summed E-state index contributed by atoms with van der Waals surface area (Å²) in [6.07, 6.45) is 0. The predicted molar refractivity (Wildman–Crippen MR) is 110 cm³/mol. The lowest BCUT2D eigenvalue weighted by molar-refractivity contribution is -0.142. The van der Waals surface area contributed by atoms with E-state index < -0.39 is 5.41 Å². The van der Waals surface area contributed by atoms with E-state index in [0.717, 1.165) is 21.2 Å². The van der Waals surface area contributed by atoms with Crippen LogP contribution in [0.4, 0.5) is 0 Å². The molecule has 0 radical (unpaired) electrons. The average Bonchev–Trinajstić information content (AvgIpc) is 3.37. The van der Waals surface area contributed by atoms with Crippen LogP contribution in [0.3, 0.4) is 0 Å². The number of benzene rings is 3. The molecule has 2 atom stereocenters. The van der Waals surface area contributed by atoms with Crippen molar-refractivity contribution < 1.29 is 9.59 Å². The van der Waals surface area contributed by atoms with Gasteiger partial charge >= 0.3 is 0 Å². The van der Waals surface area contributed by atoms with Gasteiger partial charge in [-0.25, -0.2) is 0 Å². The van der Waals surface area contributed by atoms with E-state index in [4.69, 9.17) is 0 Å². The Morgan fingerprint density at radius 1 is 0.750 bits per heavy atom. The molecule has 2 fully saturated rings. The molecule has 1 saturated heterocycles. The van der Waals surface area contributed by atoms with E-state index in [1.807, 2.05) is 84.9 Å². The van der Waals surface area contributed by atoms with Crippen LogP contribution in [0.2, 0.25) is 0 Å². The molecule has 1 saturated carbocycles. The minimum atomic E-state index is -0.537. The number of hydrogen-bond acceptors (Lipinski definition) is 2. The number of nitrogens with zero attached hydrogens (tertiary/aromatic N) is 1. The highest BCUT2D eigenvalue weighted by atomic mass is 79.9. The molecule has 0 bridgehead atoms. The zero-order valence-corrected chi connectivity index (χ0v) is 16.7. The summed E-state index contributed by atoms with van der Waals surface area (Å²) in [6, 6.07) is 27.7. The lowest BCUT2D eigenvalue weighted by Gasteiger charge is -2.26. The molecule has 1 heterocycles.